The summed E-state index contributed by atoms with van der Waals surface area (Å²) < 4.78 is 10.3. The van der Waals surface area contributed by atoms with Crippen molar-refractivity contribution in [1.82, 2.24) is 15.1 Å². The van der Waals surface area contributed by atoms with Gasteiger partial charge in [-0.2, -0.15) is 0 Å². The van der Waals surface area contributed by atoms with Gasteiger partial charge >= 0.3 is 0 Å². The van der Waals surface area contributed by atoms with Crippen LogP contribution in [0, 0.1) is 0 Å². The number of benzene rings is 1. The summed E-state index contributed by atoms with van der Waals surface area (Å²) in [5, 5.41) is 2.67. The van der Waals surface area contributed by atoms with Crippen LogP contribution in [0.5, 0.6) is 11.5 Å². The van der Waals surface area contributed by atoms with E-state index in [1.165, 1.54) is 14.2 Å². The van der Waals surface area contributed by atoms with Gasteiger partial charge in [0.15, 0.2) is 0 Å². The van der Waals surface area contributed by atoms with Crippen molar-refractivity contribution in [3.8, 4) is 11.5 Å². The lowest BCUT2D eigenvalue weighted by molar-refractivity contribution is -0.131. The Morgan fingerprint density at radius 3 is 2.12 bits per heavy atom. The molecule has 0 unspecified atom stereocenters. The number of amides is 2. The second kappa shape index (κ2) is 8.54. The summed E-state index contributed by atoms with van der Waals surface area (Å²) in [5.41, 5.74) is 0.398. The number of hydrogen-bond acceptors (Lipinski definition) is 5. The molecule has 7 heteroatoms. The highest BCUT2D eigenvalue weighted by Crippen LogP contribution is 2.22. The molecule has 1 aliphatic rings. The lowest BCUT2D eigenvalue weighted by Crippen LogP contribution is -2.51. The molecule has 0 atom stereocenters. The van der Waals surface area contributed by atoms with Gasteiger partial charge in [-0.25, -0.2) is 0 Å². The molecular weight excluding hydrogens is 310 g/mol. The zero-order chi connectivity index (χ0) is 17.5. The number of carbonyl (C=O) groups excluding carboxylic acids is 2. The molecule has 132 valence electrons. The fraction of sp³-hybridized carbons (Fsp3) is 0.529. The molecule has 0 spiro atoms. The maximum absolute atomic E-state index is 12.3. The number of nitrogens with one attached hydrogen (secondary N) is 1. The van der Waals surface area contributed by atoms with E-state index >= 15 is 0 Å². The van der Waals surface area contributed by atoms with E-state index in [4.69, 9.17) is 9.47 Å². The van der Waals surface area contributed by atoms with Gasteiger partial charge in [0.2, 0.25) is 5.91 Å². The fourth-order valence-corrected chi connectivity index (χ4v) is 2.62. The Hall–Kier alpha value is -2.28. The largest absolute Gasteiger partial charge is 0.497 e. The molecule has 1 saturated heterocycles. The monoisotopic (exact) mass is 335 g/mol. The maximum Gasteiger partial charge on any atom is 0.251 e. The Bertz CT molecular complexity index is 561. The Morgan fingerprint density at radius 1 is 1.04 bits per heavy atom. The molecule has 0 saturated carbocycles. The molecule has 1 aromatic carbocycles. The van der Waals surface area contributed by atoms with Crippen LogP contribution in [0.1, 0.15) is 17.3 Å². The minimum atomic E-state index is -0.326. The van der Waals surface area contributed by atoms with Crippen LogP contribution in [0.4, 0.5) is 0 Å². The highest BCUT2D eigenvalue weighted by molar-refractivity contribution is 5.97. The van der Waals surface area contributed by atoms with E-state index in [9.17, 15) is 9.59 Å². The van der Waals surface area contributed by atoms with Crippen molar-refractivity contribution >= 4 is 11.8 Å². The molecular formula is C17H25N3O4. The van der Waals surface area contributed by atoms with Crippen LogP contribution in [-0.2, 0) is 4.79 Å². The third-order valence-electron chi connectivity index (χ3n) is 4.19. The quantitative estimate of drug-likeness (QED) is 0.824. The Morgan fingerprint density at radius 2 is 1.62 bits per heavy atom. The van der Waals surface area contributed by atoms with Crippen molar-refractivity contribution < 1.29 is 19.1 Å². The van der Waals surface area contributed by atoms with Gasteiger partial charge in [0.1, 0.15) is 11.5 Å². The third-order valence-corrected chi connectivity index (χ3v) is 4.19. The number of rotatable bonds is 6. The summed E-state index contributed by atoms with van der Waals surface area (Å²) in [7, 11) is 3.05. The van der Waals surface area contributed by atoms with E-state index in [1.807, 2.05) is 0 Å². The van der Waals surface area contributed by atoms with Crippen molar-refractivity contribution in [2.45, 2.75) is 6.92 Å². The lowest BCUT2D eigenvalue weighted by Gasteiger charge is -2.34. The number of carbonyl (C=O) groups is 2. The molecule has 0 bridgehead atoms. The van der Waals surface area contributed by atoms with Crippen LogP contribution in [-0.4, -0.2) is 75.1 Å². The third kappa shape index (κ3) is 4.61. The highest BCUT2D eigenvalue weighted by atomic mass is 16.5. The average molecular weight is 335 g/mol. The number of hydrogen-bond donors (Lipinski definition) is 1. The summed E-state index contributed by atoms with van der Waals surface area (Å²) in [6.07, 6.45) is 0. The SMILES string of the molecule is CCN1CCN(C(=O)CNC(=O)c2cc(OC)cc(OC)c2)CC1. The molecule has 0 aromatic heterocycles. The van der Waals surface area contributed by atoms with Crippen LogP contribution in [0.3, 0.4) is 0 Å². The van der Waals surface area contributed by atoms with Crippen molar-refractivity contribution in [2.75, 3.05) is 53.5 Å². The standard InChI is InChI=1S/C17H25N3O4/c1-4-19-5-7-20(8-6-19)16(21)12-18-17(22)13-9-14(23-2)11-15(10-13)24-3/h9-11H,4-8,12H2,1-3H3,(H,18,22). The Labute approximate surface area is 142 Å². The van der Waals surface area contributed by atoms with Crippen LogP contribution in [0.2, 0.25) is 0 Å². The number of ether oxygens (including phenoxy) is 2. The minimum absolute atomic E-state index is 0.00944. The molecule has 1 aromatic rings. The first-order chi connectivity index (χ1) is 11.6. The van der Waals surface area contributed by atoms with Crippen LogP contribution >= 0.6 is 0 Å². The first-order valence-corrected chi connectivity index (χ1v) is 8.08. The molecule has 1 N–H and O–H groups in total. The highest BCUT2D eigenvalue weighted by Gasteiger charge is 2.20. The molecule has 2 amide bonds. The van der Waals surface area contributed by atoms with Crippen molar-refractivity contribution in [2.24, 2.45) is 0 Å². The molecule has 7 nitrogen and oxygen atoms in total. The predicted octanol–water partition coefficient (Wildman–Crippen LogP) is 0.598. The summed E-state index contributed by atoms with van der Waals surface area (Å²) in [4.78, 5) is 28.6. The van der Waals surface area contributed by atoms with Crippen molar-refractivity contribution in [1.29, 1.82) is 0 Å². The van der Waals surface area contributed by atoms with Gasteiger partial charge in [0.25, 0.3) is 5.91 Å². The molecule has 0 aliphatic carbocycles. The van der Waals surface area contributed by atoms with Crippen LogP contribution < -0.4 is 14.8 Å². The van der Waals surface area contributed by atoms with Gasteiger partial charge in [-0.05, 0) is 18.7 Å². The lowest BCUT2D eigenvalue weighted by atomic mass is 10.2. The molecule has 2 rings (SSSR count). The molecule has 1 aliphatic heterocycles. The van der Waals surface area contributed by atoms with Crippen molar-refractivity contribution in [3.05, 3.63) is 23.8 Å². The number of piperazine rings is 1. The zero-order valence-electron chi connectivity index (χ0n) is 14.5. The minimum Gasteiger partial charge on any atom is -0.497 e. The Balaban J connectivity index is 1.90. The van der Waals surface area contributed by atoms with E-state index in [0.29, 0.717) is 30.2 Å². The van der Waals surface area contributed by atoms with Gasteiger partial charge in [0, 0.05) is 37.8 Å². The van der Waals surface area contributed by atoms with Gasteiger partial charge in [-0.15, -0.1) is 0 Å². The molecule has 1 heterocycles. The first-order valence-electron chi connectivity index (χ1n) is 8.08. The molecule has 1 fully saturated rings. The summed E-state index contributed by atoms with van der Waals surface area (Å²) in [5.74, 6) is 0.671. The first kappa shape index (κ1) is 18.1. The van der Waals surface area contributed by atoms with Gasteiger partial charge in [-0.1, -0.05) is 6.92 Å². The van der Waals surface area contributed by atoms with Crippen LogP contribution in [0.25, 0.3) is 0 Å². The van der Waals surface area contributed by atoms with E-state index in [0.717, 1.165) is 19.6 Å². The van der Waals surface area contributed by atoms with Crippen LogP contribution in [0.15, 0.2) is 18.2 Å². The van der Waals surface area contributed by atoms with Gasteiger partial charge in [-0.3, -0.25) is 9.59 Å². The predicted molar refractivity (Wildman–Crippen MR) is 90.6 cm³/mol. The van der Waals surface area contributed by atoms with E-state index in [1.54, 1.807) is 23.1 Å². The second-order valence-corrected chi connectivity index (χ2v) is 5.60. The summed E-state index contributed by atoms with van der Waals surface area (Å²) in [6.45, 7) is 6.26. The normalized spacial score (nSPS) is 15.0. The fourth-order valence-electron chi connectivity index (χ4n) is 2.62. The summed E-state index contributed by atoms with van der Waals surface area (Å²) >= 11 is 0. The average Bonchev–Trinajstić information content (AvgIpc) is 2.65. The Kier molecular flexibility index (Phi) is 6.43. The second-order valence-electron chi connectivity index (χ2n) is 5.60. The molecule has 24 heavy (non-hydrogen) atoms. The maximum atomic E-state index is 12.3. The van der Waals surface area contributed by atoms with E-state index in [-0.39, 0.29) is 18.4 Å². The number of likely N-dealkylation sites (N-methyl/N-ethyl adjacent to an activating group) is 1. The number of nitrogens with zero attached hydrogens (tertiary/aromatic N) is 2. The summed E-state index contributed by atoms with van der Waals surface area (Å²) in [6, 6.07) is 4.92. The van der Waals surface area contributed by atoms with E-state index < -0.39 is 0 Å². The van der Waals surface area contributed by atoms with Gasteiger partial charge in [0.05, 0.1) is 20.8 Å². The van der Waals surface area contributed by atoms with E-state index in [2.05, 4.69) is 17.1 Å². The zero-order valence-corrected chi connectivity index (χ0v) is 14.5. The topological polar surface area (TPSA) is 71.1 Å². The van der Waals surface area contributed by atoms with Crippen molar-refractivity contribution in [3.63, 3.8) is 0 Å². The van der Waals surface area contributed by atoms with Gasteiger partial charge < -0.3 is 24.6 Å². The number of methoxy groups -OCH3 is 2. The molecule has 0 radical (unpaired) electrons. The smallest absolute Gasteiger partial charge is 0.251 e.